The second-order valence-electron chi connectivity index (χ2n) is 5.17. The number of rotatable bonds is 5. The van der Waals surface area contributed by atoms with Gasteiger partial charge < -0.3 is 5.32 Å². The number of anilines is 2. The number of nitrogens with one attached hydrogen (secondary N) is 2. The Morgan fingerprint density at radius 3 is 2.25 bits per heavy atom. The van der Waals surface area contributed by atoms with Crippen LogP contribution in [0.25, 0.3) is 0 Å². The van der Waals surface area contributed by atoms with Crippen LogP contribution in [0.4, 0.5) is 11.6 Å². The van der Waals surface area contributed by atoms with Crippen LogP contribution in [-0.4, -0.2) is 43.1 Å². The van der Waals surface area contributed by atoms with Crippen molar-refractivity contribution in [2.75, 3.05) is 24.1 Å². The van der Waals surface area contributed by atoms with Crippen molar-refractivity contribution in [3.05, 3.63) is 12.1 Å². The van der Waals surface area contributed by atoms with Crippen LogP contribution in [0.2, 0.25) is 0 Å². The normalized spacial score (nSPS) is 17.1. The molecule has 1 aromatic rings. The molecule has 1 fully saturated rings. The van der Waals surface area contributed by atoms with E-state index in [9.17, 15) is 8.42 Å². The van der Waals surface area contributed by atoms with Crippen molar-refractivity contribution < 1.29 is 8.42 Å². The molecule has 112 valence electrons. The van der Waals surface area contributed by atoms with Gasteiger partial charge in [0, 0.05) is 20.1 Å². The van der Waals surface area contributed by atoms with Crippen LogP contribution in [-0.2, 0) is 10.2 Å². The Balaban J connectivity index is 1.96. The van der Waals surface area contributed by atoms with Crippen molar-refractivity contribution in [2.45, 2.75) is 38.1 Å². The van der Waals surface area contributed by atoms with Gasteiger partial charge in [0.1, 0.15) is 5.82 Å². The van der Waals surface area contributed by atoms with Crippen LogP contribution in [0.5, 0.6) is 0 Å². The highest BCUT2D eigenvalue weighted by atomic mass is 32.2. The summed E-state index contributed by atoms with van der Waals surface area (Å²) in [4.78, 5) is 0. The van der Waals surface area contributed by atoms with E-state index < -0.39 is 10.2 Å². The van der Waals surface area contributed by atoms with E-state index in [2.05, 4.69) is 20.2 Å². The highest BCUT2D eigenvalue weighted by Gasteiger charge is 2.15. The molecule has 0 saturated heterocycles. The molecular weight excluding hydrogens is 278 g/mol. The molecule has 8 heteroatoms. The van der Waals surface area contributed by atoms with Crippen molar-refractivity contribution in [1.82, 2.24) is 14.5 Å². The van der Waals surface area contributed by atoms with Crippen molar-refractivity contribution in [2.24, 2.45) is 0 Å². The van der Waals surface area contributed by atoms with Gasteiger partial charge in [-0.05, 0) is 25.0 Å². The Morgan fingerprint density at radius 1 is 1.10 bits per heavy atom. The van der Waals surface area contributed by atoms with Crippen LogP contribution < -0.4 is 10.0 Å². The average molecular weight is 299 g/mol. The third-order valence-corrected chi connectivity index (χ3v) is 4.76. The lowest BCUT2D eigenvalue weighted by Crippen LogP contribution is -2.29. The van der Waals surface area contributed by atoms with E-state index in [1.54, 1.807) is 12.1 Å². The van der Waals surface area contributed by atoms with Crippen LogP contribution >= 0.6 is 0 Å². The molecule has 7 nitrogen and oxygen atoms in total. The fraction of sp³-hybridized carbons (Fsp3) is 0.667. The van der Waals surface area contributed by atoms with Gasteiger partial charge in [0.15, 0.2) is 5.82 Å². The predicted octanol–water partition coefficient (Wildman–Crippen LogP) is 1.44. The van der Waals surface area contributed by atoms with Gasteiger partial charge in [-0.2, -0.15) is 12.7 Å². The molecule has 20 heavy (non-hydrogen) atoms. The van der Waals surface area contributed by atoms with E-state index >= 15 is 0 Å². The lowest BCUT2D eigenvalue weighted by Gasteiger charge is -2.23. The Kier molecular flexibility index (Phi) is 4.77. The van der Waals surface area contributed by atoms with Crippen LogP contribution in [0.15, 0.2) is 12.1 Å². The third kappa shape index (κ3) is 4.04. The Morgan fingerprint density at radius 2 is 1.70 bits per heavy atom. The number of hydrogen-bond donors (Lipinski definition) is 2. The second-order valence-corrected chi connectivity index (χ2v) is 7.06. The van der Waals surface area contributed by atoms with E-state index in [1.807, 2.05) is 0 Å². The molecule has 0 aromatic carbocycles. The SMILES string of the molecule is CN(C)S(=O)(=O)Nc1ccc(NC2CCCCC2)nn1. The molecule has 0 spiro atoms. The molecule has 2 N–H and O–H groups in total. The summed E-state index contributed by atoms with van der Waals surface area (Å²) in [6.45, 7) is 0. The molecule has 1 aromatic heterocycles. The second kappa shape index (κ2) is 6.36. The van der Waals surface area contributed by atoms with Gasteiger partial charge in [-0.1, -0.05) is 19.3 Å². The zero-order valence-electron chi connectivity index (χ0n) is 11.8. The molecule has 1 saturated carbocycles. The minimum atomic E-state index is -3.53. The maximum atomic E-state index is 11.6. The topological polar surface area (TPSA) is 87.2 Å². The summed E-state index contributed by atoms with van der Waals surface area (Å²) in [5, 5.41) is 11.2. The zero-order chi connectivity index (χ0) is 14.6. The zero-order valence-corrected chi connectivity index (χ0v) is 12.7. The van der Waals surface area contributed by atoms with Crippen LogP contribution in [0.3, 0.4) is 0 Å². The molecular formula is C12H21N5O2S. The molecule has 0 radical (unpaired) electrons. The van der Waals surface area contributed by atoms with Gasteiger partial charge in [-0.15, -0.1) is 10.2 Å². The summed E-state index contributed by atoms with van der Waals surface area (Å²) < 4.78 is 26.7. The molecule has 0 bridgehead atoms. The fourth-order valence-electron chi connectivity index (χ4n) is 2.14. The molecule has 0 atom stereocenters. The number of hydrogen-bond acceptors (Lipinski definition) is 5. The first kappa shape index (κ1) is 15.0. The Bertz CT molecular complexity index is 523. The average Bonchev–Trinajstić information content (AvgIpc) is 2.42. The van der Waals surface area contributed by atoms with E-state index in [0.29, 0.717) is 11.9 Å². The maximum Gasteiger partial charge on any atom is 0.302 e. The minimum absolute atomic E-state index is 0.216. The fourth-order valence-corrected chi connectivity index (χ4v) is 2.70. The summed E-state index contributed by atoms with van der Waals surface area (Å²) >= 11 is 0. The monoisotopic (exact) mass is 299 g/mol. The molecule has 1 aliphatic carbocycles. The van der Waals surface area contributed by atoms with Crippen molar-refractivity contribution in [1.29, 1.82) is 0 Å². The molecule has 0 amide bonds. The summed E-state index contributed by atoms with van der Waals surface area (Å²) in [5.74, 6) is 0.901. The minimum Gasteiger partial charge on any atom is -0.366 e. The summed E-state index contributed by atoms with van der Waals surface area (Å²) in [6, 6.07) is 3.80. The third-order valence-electron chi connectivity index (χ3n) is 3.34. The van der Waals surface area contributed by atoms with Gasteiger partial charge in [0.25, 0.3) is 0 Å². The van der Waals surface area contributed by atoms with Crippen molar-refractivity contribution in [3.63, 3.8) is 0 Å². The summed E-state index contributed by atoms with van der Waals surface area (Å²) in [6.07, 6.45) is 6.08. The first-order chi connectivity index (χ1) is 9.47. The van der Waals surface area contributed by atoms with Crippen molar-refractivity contribution >= 4 is 21.8 Å². The highest BCUT2D eigenvalue weighted by molar-refractivity contribution is 7.90. The maximum absolute atomic E-state index is 11.6. The Hall–Kier alpha value is -1.41. The van der Waals surface area contributed by atoms with Gasteiger partial charge >= 0.3 is 10.2 Å². The van der Waals surface area contributed by atoms with Gasteiger partial charge in [-0.3, -0.25) is 4.72 Å². The summed E-state index contributed by atoms with van der Waals surface area (Å²) in [5.41, 5.74) is 0. The largest absolute Gasteiger partial charge is 0.366 e. The van der Waals surface area contributed by atoms with E-state index in [0.717, 1.165) is 17.1 Å². The lowest BCUT2D eigenvalue weighted by atomic mass is 9.95. The van der Waals surface area contributed by atoms with Crippen LogP contribution in [0.1, 0.15) is 32.1 Å². The molecule has 1 heterocycles. The molecule has 0 aliphatic heterocycles. The standard InChI is InChI=1S/C12H21N5O2S/c1-17(2)20(18,19)16-12-9-8-11(14-15-12)13-10-6-4-3-5-7-10/h8-10H,3-7H2,1-2H3,(H,13,14)(H,15,16). The first-order valence-electron chi connectivity index (χ1n) is 6.78. The lowest BCUT2D eigenvalue weighted by molar-refractivity contribution is 0.461. The Labute approximate surface area is 120 Å². The van der Waals surface area contributed by atoms with Gasteiger partial charge in [0.05, 0.1) is 0 Å². The van der Waals surface area contributed by atoms with Gasteiger partial charge in [0.2, 0.25) is 0 Å². The van der Waals surface area contributed by atoms with E-state index in [4.69, 9.17) is 0 Å². The first-order valence-corrected chi connectivity index (χ1v) is 8.22. The van der Waals surface area contributed by atoms with Crippen molar-refractivity contribution in [3.8, 4) is 0 Å². The molecule has 2 rings (SSSR count). The molecule has 0 unspecified atom stereocenters. The number of aromatic nitrogens is 2. The quantitative estimate of drug-likeness (QED) is 0.859. The van der Waals surface area contributed by atoms with E-state index in [-0.39, 0.29) is 5.82 Å². The molecule has 1 aliphatic rings. The summed E-state index contributed by atoms with van der Waals surface area (Å²) in [7, 11) is -0.625. The smallest absolute Gasteiger partial charge is 0.302 e. The predicted molar refractivity (Wildman–Crippen MR) is 78.8 cm³/mol. The number of nitrogens with zero attached hydrogens (tertiary/aromatic N) is 3. The van der Waals surface area contributed by atoms with E-state index in [1.165, 1.54) is 33.4 Å². The van der Waals surface area contributed by atoms with Crippen LogP contribution in [0, 0.1) is 0 Å². The van der Waals surface area contributed by atoms with Gasteiger partial charge in [-0.25, -0.2) is 0 Å². The highest BCUT2D eigenvalue weighted by Crippen LogP contribution is 2.20.